The number of ether oxygens (including phenoxy) is 2. The number of hydrogen-bond donors (Lipinski definition) is 0. The van der Waals surface area contributed by atoms with E-state index in [1.165, 1.54) is 140 Å². The summed E-state index contributed by atoms with van der Waals surface area (Å²) in [5.74, 6) is 2.57. The van der Waals surface area contributed by atoms with Crippen LogP contribution in [0.25, 0.3) is 0 Å². The van der Waals surface area contributed by atoms with Crippen molar-refractivity contribution in [2.75, 3.05) is 24.7 Å². The van der Waals surface area contributed by atoms with Crippen LogP contribution >= 0.6 is 23.5 Å². The Hall–Kier alpha value is 0.620. The van der Waals surface area contributed by atoms with Crippen LogP contribution in [0, 0.1) is 0 Å². The lowest BCUT2D eigenvalue weighted by Crippen LogP contribution is -2.29. The molecule has 0 spiro atoms. The average molecular weight is 515 g/mol. The van der Waals surface area contributed by atoms with Crippen molar-refractivity contribution in [3.63, 3.8) is 0 Å². The highest BCUT2D eigenvalue weighted by Crippen LogP contribution is 2.39. The third-order valence-electron chi connectivity index (χ3n) is 7.62. The molecule has 2 saturated heterocycles. The number of rotatable bonds is 24. The fourth-order valence-corrected chi connectivity index (χ4v) is 7.91. The van der Waals surface area contributed by atoms with Crippen molar-refractivity contribution in [2.45, 2.75) is 165 Å². The van der Waals surface area contributed by atoms with E-state index < -0.39 is 0 Å². The minimum atomic E-state index is 0.360. The molecule has 202 valence electrons. The molecule has 4 heteroatoms. The van der Waals surface area contributed by atoms with Crippen LogP contribution in [-0.4, -0.2) is 47.4 Å². The lowest BCUT2D eigenvalue weighted by molar-refractivity contribution is 0.0745. The monoisotopic (exact) mass is 514 g/mol. The molecule has 2 aliphatic rings. The van der Waals surface area contributed by atoms with E-state index in [0.717, 1.165) is 13.2 Å². The predicted octanol–water partition coefficient (Wildman–Crippen LogP) is 9.83. The first-order valence-electron chi connectivity index (χ1n) is 15.3. The molecule has 4 atom stereocenters. The molecule has 0 unspecified atom stereocenters. The number of unbranched alkanes of at least 4 members (excludes halogenated alkanes) is 18. The summed E-state index contributed by atoms with van der Waals surface area (Å²) in [6, 6.07) is 0. The summed E-state index contributed by atoms with van der Waals surface area (Å²) in [6.07, 6.45) is 29.1. The van der Waals surface area contributed by atoms with Crippen LogP contribution in [0.15, 0.2) is 0 Å². The van der Waals surface area contributed by atoms with Gasteiger partial charge < -0.3 is 9.47 Å². The summed E-state index contributed by atoms with van der Waals surface area (Å²) >= 11 is 4.25. The van der Waals surface area contributed by atoms with Crippen LogP contribution in [0.2, 0.25) is 0 Å². The SMILES string of the molecule is CCCCCCCCCCCCS[C@H]1CO[C@H]2[C@@H]1OC[C@@H]2SCCCCCCCCCCCC. The van der Waals surface area contributed by atoms with E-state index in [1.807, 2.05) is 0 Å². The van der Waals surface area contributed by atoms with E-state index in [9.17, 15) is 0 Å². The fourth-order valence-electron chi connectivity index (χ4n) is 5.36. The summed E-state index contributed by atoms with van der Waals surface area (Å²) in [5, 5.41) is 1.15. The zero-order valence-electron chi connectivity index (χ0n) is 22.9. The fraction of sp³-hybridized carbons (Fsp3) is 1.00. The van der Waals surface area contributed by atoms with E-state index in [1.54, 1.807) is 0 Å². The summed E-state index contributed by atoms with van der Waals surface area (Å²) < 4.78 is 12.5. The molecule has 2 heterocycles. The molecule has 0 bridgehead atoms. The van der Waals surface area contributed by atoms with Gasteiger partial charge in [-0.15, -0.1) is 0 Å². The summed E-state index contributed by atoms with van der Waals surface area (Å²) in [5.41, 5.74) is 0. The maximum Gasteiger partial charge on any atom is 0.0989 e. The second-order valence-corrected chi connectivity index (χ2v) is 13.5. The Morgan fingerprint density at radius 2 is 0.735 bits per heavy atom. The van der Waals surface area contributed by atoms with E-state index in [-0.39, 0.29) is 0 Å². The summed E-state index contributed by atoms with van der Waals surface area (Å²) in [7, 11) is 0. The molecule has 34 heavy (non-hydrogen) atoms. The minimum Gasteiger partial charge on any atom is -0.373 e. The smallest absolute Gasteiger partial charge is 0.0989 e. The maximum absolute atomic E-state index is 6.24. The van der Waals surface area contributed by atoms with E-state index in [0.29, 0.717) is 22.7 Å². The average Bonchev–Trinajstić information content (AvgIpc) is 3.44. The molecule has 0 N–H and O–H groups in total. The van der Waals surface area contributed by atoms with Crippen LogP contribution in [0.3, 0.4) is 0 Å². The lowest BCUT2D eigenvalue weighted by Gasteiger charge is -2.16. The molecule has 2 rings (SSSR count). The second-order valence-electron chi connectivity index (χ2n) is 10.8. The van der Waals surface area contributed by atoms with Gasteiger partial charge in [0.2, 0.25) is 0 Å². The highest BCUT2D eigenvalue weighted by molar-refractivity contribution is 8.00. The molecular weight excluding hydrogens is 456 g/mol. The van der Waals surface area contributed by atoms with Crippen molar-refractivity contribution in [3.8, 4) is 0 Å². The quantitative estimate of drug-likeness (QED) is 0.119. The Bertz CT molecular complexity index is 408. The van der Waals surface area contributed by atoms with Crippen LogP contribution in [0.5, 0.6) is 0 Å². The van der Waals surface area contributed by atoms with Crippen LogP contribution in [0.4, 0.5) is 0 Å². The van der Waals surface area contributed by atoms with E-state index in [4.69, 9.17) is 9.47 Å². The summed E-state index contributed by atoms with van der Waals surface area (Å²) in [4.78, 5) is 0. The van der Waals surface area contributed by atoms with Crippen molar-refractivity contribution >= 4 is 23.5 Å². The highest BCUT2D eigenvalue weighted by Gasteiger charge is 2.47. The molecular formula is C30H58O2S2. The summed E-state index contributed by atoms with van der Waals surface area (Å²) in [6.45, 7) is 6.41. The lowest BCUT2D eigenvalue weighted by atomic mass is 10.1. The van der Waals surface area contributed by atoms with Gasteiger partial charge in [0, 0.05) is 0 Å². The van der Waals surface area contributed by atoms with E-state index >= 15 is 0 Å². The molecule has 2 aliphatic heterocycles. The molecule has 0 saturated carbocycles. The van der Waals surface area contributed by atoms with Gasteiger partial charge in [0.1, 0.15) is 0 Å². The predicted molar refractivity (Wildman–Crippen MR) is 156 cm³/mol. The van der Waals surface area contributed by atoms with Gasteiger partial charge in [-0.1, -0.05) is 129 Å². The van der Waals surface area contributed by atoms with Crippen LogP contribution < -0.4 is 0 Å². The maximum atomic E-state index is 6.24. The Morgan fingerprint density at radius 1 is 0.441 bits per heavy atom. The van der Waals surface area contributed by atoms with Gasteiger partial charge in [0.25, 0.3) is 0 Å². The van der Waals surface area contributed by atoms with Crippen molar-refractivity contribution in [2.24, 2.45) is 0 Å². The van der Waals surface area contributed by atoms with Crippen molar-refractivity contribution in [1.82, 2.24) is 0 Å². The zero-order chi connectivity index (χ0) is 24.1. The van der Waals surface area contributed by atoms with Gasteiger partial charge in [-0.2, -0.15) is 23.5 Å². The van der Waals surface area contributed by atoms with Crippen LogP contribution in [0.1, 0.15) is 142 Å². The Labute approximate surface area is 222 Å². The molecule has 0 amide bonds. The third kappa shape index (κ3) is 13.8. The van der Waals surface area contributed by atoms with E-state index in [2.05, 4.69) is 37.4 Å². The highest BCUT2D eigenvalue weighted by atomic mass is 32.2. The molecule has 0 aromatic rings. The number of thioether (sulfide) groups is 2. The van der Waals surface area contributed by atoms with Crippen molar-refractivity contribution < 1.29 is 9.47 Å². The zero-order valence-corrected chi connectivity index (χ0v) is 24.5. The molecule has 0 aromatic heterocycles. The second kappa shape index (κ2) is 21.7. The molecule has 2 nitrogen and oxygen atoms in total. The topological polar surface area (TPSA) is 18.5 Å². The minimum absolute atomic E-state index is 0.360. The van der Waals surface area contributed by atoms with Gasteiger partial charge >= 0.3 is 0 Å². The Kier molecular flexibility index (Phi) is 19.7. The van der Waals surface area contributed by atoms with Crippen molar-refractivity contribution in [1.29, 1.82) is 0 Å². The third-order valence-corrected chi connectivity index (χ3v) is 10.3. The number of hydrogen-bond acceptors (Lipinski definition) is 4. The van der Waals surface area contributed by atoms with Gasteiger partial charge in [-0.25, -0.2) is 0 Å². The van der Waals surface area contributed by atoms with Gasteiger partial charge in [0.05, 0.1) is 35.9 Å². The molecule has 2 fully saturated rings. The van der Waals surface area contributed by atoms with Crippen molar-refractivity contribution in [3.05, 3.63) is 0 Å². The first-order valence-corrected chi connectivity index (χ1v) is 17.4. The first kappa shape index (κ1) is 30.8. The van der Waals surface area contributed by atoms with Gasteiger partial charge in [-0.3, -0.25) is 0 Å². The molecule has 0 radical (unpaired) electrons. The Morgan fingerprint density at radius 3 is 1.06 bits per heavy atom. The van der Waals surface area contributed by atoms with Gasteiger partial charge in [0.15, 0.2) is 0 Å². The van der Waals surface area contributed by atoms with Crippen LogP contribution in [-0.2, 0) is 9.47 Å². The normalized spacial score (nSPS) is 24.2. The number of fused-ring (bicyclic) bond motifs is 1. The first-order chi connectivity index (χ1) is 16.9. The standard InChI is InChI=1S/C30H58O2S2/c1-3-5-7-9-11-13-15-17-19-21-23-33-27-25-31-30-28(26-32-29(27)30)34-24-22-20-18-16-14-12-10-8-6-4-2/h27-30H,3-26H2,1-2H3/t27-,28-,29+,30+/m0/s1. The Balaban J connectivity index is 1.38. The van der Waals surface area contributed by atoms with Gasteiger partial charge in [-0.05, 0) is 24.3 Å². The molecule has 0 aromatic carbocycles. The largest absolute Gasteiger partial charge is 0.373 e. The molecule has 0 aliphatic carbocycles.